The molecule has 0 saturated heterocycles. The van der Waals surface area contributed by atoms with Crippen LogP contribution in [0.4, 0.5) is 5.69 Å². The number of benzene rings is 1. The third-order valence-electron chi connectivity index (χ3n) is 4.56. The molecule has 1 fully saturated rings. The fourth-order valence-electron chi connectivity index (χ4n) is 2.92. The smallest absolute Gasteiger partial charge is 0.253 e. The van der Waals surface area contributed by atoms with Crippen LogP contribution >= 0.6 is 0 Å². The maximum atomic E-state index is 12.4. The molecule has 1 aromatic rings. The summed E-state index contributed by atoms with van der Waals surface area (Å²) in [6.07, 6.45) is 0.969. The summed E-state index contributed by atoms with van der Waals surface area (Å²) in [5.74, 6) is 0.933. The van der Waals surface area contributed by atoms with Crippen molar-refractivity contribution in [2.45, 2.75) is 32.4 Å². The second-order valence-electron chi connectivity index (χ2n) is 6.10. The van der Waals surface area contributed by atoms with Crippen LogP contribution in [0.3, 0.4) is 0 Å². The number of anilines is 1. The first-order valence-electron chi connectivity index (χ1n) is 6.96. The van der Waals surface area contributed by atoms with Crippen LogP contribution in [0.5, 0.6) is 11.5 Å². The number of methoxy groups -OCH3 is 1. The SMILES string of the molecule is COC1CC(NC(=O)c2cc3c(cc2N)OCO3)C1(C)C. The zero-order chi connectivity index (χ0) is 15.2. The zero-order valence-corrected chi connectivity index (χ0v) is 12.4. The number of fused-ring (bicyclic) bond motifs is 1. The molecule has 1 amide bonds. The summed E-state index contributed by atoms with van der Waals surface area (Å²) < 4.78 is 15.9. The van der Waals surface area contributed by atoms with Crippen LogP contribution in [0.2, 0.25) is 0 Å². The molecule has 0 radical (unpaired) electrons. The van der Waals surface area contributed by atoms with E-state index in [1.165, 1.54) is 0 Å². The van der Waals surface area contributed by atoms with Crippen molar-refractivity contribution in [1.82, 2.24) is 5.32 Å². The first-order chi connectivity index (χ1) is 9.93. The highest BCUT2D eigenvalue weighted by atomic mass is 16.7. The Kier molecular flexibility index (Phi) is 3.20. The summed E-state index contributed by atoms with van der Waals surface area (Å²) >= 11 is 0. The highest BCUT2D eigenvalue weighted by molar-refractivity contribution is 6.00. The lowest BCUT2D eigenvalue weighted by atomic mass is 9.64. The molecule has 0 bridgehead atoms. The Labute approximate surface area is 123 Å². The van der Waals surface area contributed by atoms with Gasteiger partial charge in [0.25, 0.3) is 5.91 Å². The molecule has 1 aromatic carbocycles. The molecule has 2 atom stereocenters. The molecule has 2 unspecified atom stereocenters. The van der Waals surface area contributed by atoms with Gasteiger partial charge in [0.15, 0.2) is 11.5 Å². The maximum Gasteiger partial charge on any atom is 0.253 e. The van der Waals surface area contributed by atoms with E-state index in [9.17, 15) is 4.79 Å². The predicted octanol–water partition coefficient (Wildman–Crippen LogP) is 1.54. The van der Waals surface area contributed by atoms with Gasteiger partial charge < -0.3 is 25.3 Å². The lowest BCUT2D eigenvalue weighted by Crippen LogP contribution is -2.61. The molecule has 0 aromatic heterocycles. The Morgan fingerprint density at radius 1 is 1.38 bits per heavy atom. The molecule has 1 aliphatic heterocycles. The van der Waals surface area contributed by atoms with Gasteiger partial charge in [0.05, 0.1) is 11.7 Å². The molecule has 21 heavy (non-hydrogen) atoms. The van der Waals surface area contributed by atoms with Gasteiger partial charge in [-0.25, -0.2) is 0 Å². The number of nitrogens with one attached hydrogen (secondary N) is 1. The molecule has 1 heterocycles. The van der Waals surface area contributed by atoms with Crippen molar-refractivity contribution < 1.29 is 19.0 Å². The number of hydrogen-bond acceptors (Lipinski definition) is 5. The highest BCUT2D eigenvalue weighted by Crippen LogP contribution is 2.43. The number of carbonyl (C=O) groups is 1. The maximum absolute atomic E-state index is 12.4. The average molecular weight is 292 g/mol. The number of rotatable bonds is 3. The first kappa shape index (κ1) is 14.0. The molecule has 6 nitrogen and oxygen atoms in total. The minimum atomic E-state index is -0.196. The number of nitrogens with two attached hydrogens (primary N) is 1. The van der Waals surface area contributed by atoms with E-state index in [-0.39, 0.29) is 30.3 Å². The quantitative estimate of drug-likeness (QED) is 0.826. The molecule has 1 aliphatic carbocycles. The van der Waals surface area contributed by atoms with Gasteiger partial charge >= 0.3 is 0 Å². The molecule has 6 heteroatoms. The Morgan fingerprint density at radius 2 is 2.05 bits per heavy atom. The van der Waals surface area contributed by atoms with Gasteiger partial charge in [0.2, 0.25) is 6.79 Å². The number of nitrogen functional groups attached to an aromatic ring is 1. The summed E-state index contributed by atoms with van der Waals surface area (Å²) in [6, 6.07) is 3.33. The Balaban J connectivity index is 1.75. The van der Waals surface area contributed by atoms with Crippen molar-refractivity contribution in [3.05, 3.63) is 17.7 Å². The Bertz CT molecular complexity index is 585. The van der Waals surface area contributed by atoms with Crippen LogP contribution in [0.25, 0.3) is 0 Å². The average Bonchev–Trinajstić information content (AvgIpc) is 2.88. The topological polar surface area (TPSA) is 82.8 Å². The molecule has 2 aliphatic rings. The number of carbonyl (C=O) groups excluding carboxylic acids is 1. The third-order valence-corrected chi connectivity index (χ3v) is 4.56. The standard InChI is InChI=1S/C15H20N2O4/c1-15(2)12(6-13(15)19-3)17-14(18)8-4-10-11(5-9(8)16)21-7-20-10/h4-5,12-13H,6-7,16H2,1-3H3,(H,17,18). The normalized spacial score (nSPS) is 25.3. The van der Waals surface area contributed by atoms with Gasteiger partial charge in [0, 0.05) is 30.3 Å². The van der Waals surface area contributed by atoms with E-state index in [2.05, 4.69) is 19.2 Å². The van der Waals surface area contributed by atoms with Gasteiger partial charge in [-0.05, 0) is 12.5 Å². The number of amides is 1. The number of hydrogen-bond donors (Lipinski definition) is 2. The van der Waals surface area contributed by atoms with Crippen LogP contribution < -0.4 is 20.5 Å². The van der Waals surface area contributed by atoms with E-state index in [4.69, 9.17) is 19.9 Å². The van der Waals surface area contributed by atoms with Gasteiger partial charge in [0.1, 0.15) is 0 Å². The van der Waals surface area contributed by atoms with Crippen molar-refractivity contribution in [2.75, 3.05) is 19.6 Å². The molecular formula is C15H20N2O4. The van der Waals surface area contributed by atoms with Crippen molar-refractivity contribution in [1.29, 1.82) is 0 Å². The summed E-state index contributed by atoms with van der Waals surface area (Å²) in [5, 5.41) is 3.02. The highest BCUT2D eigenvalue weighted by Gasteiger charge is 2.49. The van der Waals surface area contributed by atoms with Crippen molar-refractivity contribution in [3.8, 4) is 11.5 Å². The molecule has 1 saturated carbocycles. The van der Waals surface area contributed by atoms with Crippen LogP contribution in [-0.2, 0) is 4.74 Å². The monoisotopic (exact) mass is 292 g/mol. The largest absolute Gasteiger partial charge is 0.454 e. The van der Waals surface area contributed by atoms with Gasteiger partial charge in [-0.2, -0.15) is 0 Å². The van der Waals surface area contributed by atoms with Crippen molar-refractivity contribution in [3.63, 3.8) is 0 Å². The lowest BCUT2D eigenvalue weighted by Gasteiger charge is -2.51. The molecule has 0 spiro atoms. The predicted molar refractivity (Wildman–Crippen MR) is 77.4 cm³/mol. The van der Waals surface area contributed by atoms with Crippen LogP contribution in [0.1, 0.15) is 30.6 Å². The third kappa shape index (κ3) is 2.19. The molecular weight excluding hydrogens is 272 g/mol. The van der Waals surface area contributed by atoms with Crippen molar-refractivity contribution in [2.24, 2.45) is 5.41 Å². The van der Waals surface area contributed by atoms with E-state index in [0.29, 0.717) is 22.7 Å². The van der Waals surface area contributed by atoms with E-state index in [1.54, 1.807) is 19.2 Å². The summed E-state index contributed by atoms with van der Waals surface area (Å²) in [7, 11) is 1.69. The fourth-order valence-corrected chi connectivity index (χ4v) is 2.92. The summed E-state index contributed by atoms with van der Waals surface area (Å²) in [5.41, 5.74) is 6.64. The van der Waals surface area contributed by atoms with E-state index >= 15 is 0 Å². The van der Waals surface area contributed by atoms with Crippen molar-refractivity contribution >= 4 is 11.6 Å². The van der Waals surface area contributed by atoms with E-state index in [1.807, 2.05) is 0 Å². The van der Waals surface area contributed by atoms with Crippen LogP contribution in [0, 0.1) is 5.41 Å². The van der Waals surface area contributed by atoms with E-state index < -0.39 is 0 Å². The van der Waals surface area contributed by atoms with Gasteiger partial charge in [-0.15, -0.1) is 0 Å². The molecule has 114 valence electrons. The minimum absolute atomic E-state index is 0.0692. The zero-order valence-electron chi connectivity index (χ0n) is 12.4. The second kappa shape index (κ2) is 4.80. The molecule has 3 rings (SSSR count). The second-order valence-corrected chi connectivity index (χ2v) is 6.10. The van der Waals surface area contributed by atoms with Crippen LogP contribution in [-0.4, -0.2) is 32.0 Å². The Morgan fingerprint density at radius 3 is 2.67 bits per heavy atom. The summed E-state index contributed by atoms with van der Waals surface area (Å²) in [6.45, 7) is 4.32. The number of ether oxygens (including phenoxy) is 3. The van der Waals surface area contributed by atoms with Crippen LogP contribution in [0.15, 0.2) is 12.1 Å². The first-order valence-corrected chi connectivity index (χ1v) is 6.96. The summed E-state index contributed by atoms with van der Waals surface area (Å²) in [4.78, 5) is 12.4. The lowest BCUT2D eigenvalue weighted by molar-refractivity contribution is -0.0942. The molecule has 3 N–H and O–H groups in total. The fraction of sp³-hybridized carbons (Fsp3) is 0.533. The van der Waals surface area contributed by atoms with Gasteiger partial charge in [-0.1, -0.05) is 13.8 Å². The minimum Gasteiger partial charge on any atom is -0.454 e. The van der Waals surface area contributed by atoms with E-state index in [0.717, 1.165) is 6.42 Å². The van der Waals surface area contributed by atoms with Gasteiger partial charge in [-0.3, -0.25) is 4.79 Å². The Hall–Kier alpha value is -1.95.